The molecule has 0 aliphatic carbocycles. The number of benzene rings is 1. The molecule has 1 aromatic rings. The quantitative estimate of drug-likeness (QED) is 0.719. The third-order valence-electron chi connectivity index (χ3n) is 3.10. The Morgan fingerprint density at radius 1 is 1.35 bits per heavy atom. The number of carbonyl (C=O) groups excluding carboxylic acids is 1. The van der Waals surface area contributed by atoms with E-state index in [1.807, 2.05) is 0 Å². The lowest BCUT2D eigenvalue weighted by Crippen LogP contribution is -2.28. The van der Waals surface area contributed by atoms with Gasteiger partial charge in [-0.25, -0.2) is 4.39 Å². The van der Waals surface area contributed by atoms with Crippen molar-refractivity contribution >= 4 is 12.0 Å². The Kier molecular flexibility index (Phi) is 7.58. The van der Waals surface area contributed by atoms with Crippen LogP contribution in [0.2, 0.25) is 0 Å². The van der Waals surface area contributed by atoms with Crippen molar-refractivity contribution < 1.29 is 14.3 Å². The lowest BCUT2D eigenvalue weighted by molar-refractivity contribution is -0.116. The Morgan fingerprint density at radius 3 is 2.65 bits per heavy atom. The molecule has 1 unspecified atom stereocenters. The van der Waals surface area contributed by atoms with Gasteiger partial charge in [0.1, 0.15) is 5.82 Å². The summed E-state index contributed by atoms with van der Waals surface area (Å²) < 4.78 is 12.7. The average molecular weight is 279 g/mol. The highest BCUT2D eigenvalue weighted by Gasteiger charge is 2.07. The molecule has 0 aliphatic heterocycles. The molecule has 2 N–H and O–H groups in total. The summed E-state index contributed by atoms with van der Waals surface area (Å²) in [5.41, 5.74) is 0.780. The Balaban J connectivity index is 2.40. The molecular formula is C16H22FNO2. The minimum Gasteiger partial charge on any atom is -0.396 e. The van der Waals surface area contributed by atoms with Crippen molar-refractivity contribution in [2.75, 3.05) is 13.2 Å². The van der Waals surface area contributed by atoms with Crippen LogP contribution in [0.3, 0.4) is 0 Å². The molecule has 0 fully saturated rings. The molecule has 110 valence electrons. The van der Waals surface area contributed by atoms with Gasteiger partial charge >= 0.3 is 0 Å². The van der Waals surface area contributed by atoms with Crippen molar-refractivity contribution in [1.29, 1.82) is 0 Å². The topological polar surface area (TPSA) is 49.3 Å². The van der Waals surface area contributed by atoms with Gasteiger partial charge in [0.25, 0.3) is 0 Å². The second-order valence-electron chi connectivity index (χ2n) is 4.80. The van der Waals surface area contributed by atoms with Crippen LogP contribution in [0.4, 0.5) is 4.39 Å². The lowest BCUT2D eigenvalue weighted by atomic mass is 10.0. The monoisotopic (exact) mass is 279 g/mol. The second kappa shape index (κ2) is 9.26. The fourth-order valence-corrected chi connectivity index (χ4v) is 1.99. The lowest BCUT2D eigenvalue weighted by Gasteiger charge is -2.14. The third-order valence-corrected chi connectivity index (χ3v) is 3.10. The van der Waals surface area contributed by atoms with Crippen molar-refractivity contribution in [3.05, 3.63) is 41.7 Å². The van der Waals surface area contributed by atoms with Crippen LogP contribution in [0.25, 0.3) is 6.08 Å². The molecule has 0 heterocycles. The molecule has 0 saturated heterocycles. The maximum Gasteiger partial charge on any atom is 0.244 e. The van der Waals surface area contributed by atoms with Gasteiger partial charge in [-0.1, -0.05) is 25.5 Å². The zero-order valence-corrected chi connectivity index (χ0v) is 11.8. The minimum atomic E-state index is -0.294. The van der Waals surface area contributed by atoms with Gasteiger partial charge in [-0.3, -0.25) is 4.79 Å². The number of halogens is 1. The SMILES string of the molecule is CCCC(CCO)CNC(=O)/C=C/c1ccc(F)cc1. The summed E-state index contributed by atoms with van der Waals surface area (Å²) in [4.78, 5) is 11.7. The number of hydrogen-bond acceptors (Lipinski definition) is 2. The van der Waals surface area contributed by atoms with Gasteiger partial charge in [-0.15, -0.1) is 0 Å². The van der Waals surface area contributed by atoms with E-state index in [0.717, 1.165) is 18.4 Å². The van der Waals surface area contributed by atoms with E-state index in [2.05, 4.69) is 12.2 Å². The molecule has 3 nitrogen and oxygen atoms in total. The van der Waals surface area contributed by atoms with Crippen LogP contribution in [-0.4, -0.2) is 24.2 Å². The van der Waals surface area contributed by atoms with E-state index >= 15 is 0 Å². The second-order valence-corrected chi connectivity index (χ2v) is 4.80. The molecule has 0 radical (unpaired) electrons. The minimum absolute atomic E-state index is 0.145. The van der Waals surface area contributed by atoms with E-state index in [4.69, 9.17) is 5.11 Å². The molecule has 1 amide bonds. The van der Waals surface area contributed by atoms with E-state index in [-0.39, 0.29) is 18.3 Å². The molecule has 0 spiro atoms. The normalized spacial score (nSPS) is 12.6. The number of aliphatic hydroxyl groups excluding tert-OH is 1. The molecular weight excluding hydrogens is 257 g/mol. The van der Waals surface area contributed by atoms with Crippen LogP contribution in [-0.2, 0) is 4.79 Å². The zero-order valence-electron chi connectivity index (χ0n) is 11.8. The first kappa shape index (κ1) is 16.4. The van der Waals surface area contributed by atoms with Gasteiger partial charge in [-0.05, 0) is 42.5 Å². The molecule has 4 heteroatoms. The molecule has 0 saturated carbocycles. The number of carbonyl (C=O) groups is 1. The fraction of sp³-hybridized carbons (Fsp3) is 0.438. The van der Waals surface area contributed by atoms with E-state index in [9.17, 15) is 9.18 Å². The summed E-state index contributed by atoms with van der Waals surface area (Å²) in [6.07, 6.45) is 5.81. The van der Waals surface area contributed by atoms with Crippen molar-refractivity contribution in [1.82, 2.24) is 5.32 Å². The van der Waals surface area contributed by atoms with Crippen LogP contribution < -0.4 is 5.32 Å². The van der Waals surface area contributed by atoms with E-state index in [1.165, 1.54) is 18.2 Å². The maximum absolute atomic E-state index is 12.7. The van der Waals surface area contributed by atoms with Crippen molar-refractivity contribution in [2.45, 2.75) is 26.2 Å². The van der Waals surface area contributed by atoms with Crippen LogP contribution in [0.5, 0.6) is 0 Å². The number of rotatable bonds is 8. The summed E-state index contributed by atoms with van der Waals surface area (Å²) in [6, 6.07) is 5.95. The number of aliphatic hydroxyl groups is 1. The zero-order chi connectivity index (χ0) is 14.8. The Bertz CT molecular complexity index is 423. The predicted molar refractivity (Wildman–Crippen MR) is 78.5 cm³/mol. The van der Waals surface area contributed by atoms with Crippen LogP contribution in [0.1, 0.15) is 31.7 Å². The molecule has 20 heavy (non-hydrogen) atoms. The molecule has 0 aromatic heterocycles. The summed E-state index contributed by atoms with van der Waals surface area (Å²) in [6.45, 7) is 2.80. The van der Waals surface area contributed by atoms with Gasteiger partial charge in [-0.2, -0.15) is 0 Å². The molecule has 1 rings (SSSR count). The maximum atomic E-state index is 12.7. The largest absolute Gasteiger partial charge is 0.396 e. The molecule has 1 aromatic carbocycles. The van der Waals surface area contributed by atoms with Gasteiger partial charge in [0, 0.05) is 19.2 Å². The Morgan fingerprint density at radius 2 is 2.05 bits per heavy atom. The van der Waals surface area contributed by atoms with Gasteiger partial charge < -0.3 is 10.4 Å². The molecule has 0 bridgehead atoms. The highest BCUT2D eigenvalue weighted by Crippen LogP contribution is 2.09. The number of nitrogens with one attached hydrogen (secondary N) is 1. The van der Waals surface area contributed by atoms with Crippen molar-refractivity contribution in [3.63, 3.8) is 0 Å². The van der Waals surface area contributed by atoms with E-state index in [1.54, 1.807) is 18.2 Å². The van der Waals surface area contributed by atoms with Gasteiger partial charge in [0.2, 0.25) is 5.91 Å². The molecule has 1 atom stereocenters. The van der Waals surface area contributed by atoms with Crippen LogP contribution >= 0.6 is 0 Å². The van der Waals surface area contributed by atoms with E-state index < -0.39 is 0 Å². The summed E-state index contributed by atoms with van der Waals surface area (Å²) in [5.74, 6) is -0.153. The number of amides is 1. The van der Waals surface area contributed by atoms with E-state index in [0.29, 0.717) is 18.9 Å². The predicted octanol–water partition coefficient (Wildman–Crippen LogP) is 2.75. The Hall–Kier alpha value is -1.68. The van der Waals surface area contributed by atoms with Crippen molar-refractivity contribution in [3.8, 4) is 0 Å². The summed E-state index contributed by atoms with van der Waals surface area (Å²) >= 11 is 0. The summed E-state index contributed by atoms with van der Waals surface area (Å²) in [7, 11) is 0. The van der Waals surface area contributed by atoms with Crippen LogP contribution in [0, 0.1) is 11.7 Å². The van der Waals surface area contributed by atoms with Gasteiger partial charge in [0.15, 0.2) is 0 Å². The Labute approximate surface area is 119 Å². The highest BCUT2D eigenvalue weighted by molar-refractivity contribution is 5.91. The molecule has 0 aliphatic rings. The first-order valence-electron chi connectivity index (χ1n) is 6.98. The summed E-state index contributed by atoms with van der Waals surface area (Å²) in [5, 5.41) is 11.8. The first-order chi connectivity index (χ1) is 9.65. The number of hydrogen-bond donors (Lipinski definition) is 2. The van der Waals surface area contributed by atoms with Gasteiger partial charge in [0.05, 0.1) is 0 Å². The standard InChI is InChI=1S/C16H22FNO2/c1-2-3-14(10-11-19)12-18-16(20)9-6-13-4-7-15(17)8-5-13/h4-9,14,19H,2-3,10-12H2,1H3,(H,18,20)/b9-6+. The fourth-order valence-electron chi connectivity index (χ4n) is 1.99. The van der Waals surface area contributed by atoms with Crippen LogP contribution in [0.15, 0.2) is 30.3 Å². The average Bonchev–Trinajstić information content (AvgIpc) is 2.44. The third kappa shape index (κ3) is 6.48. The first-order valence-corrected chi connectivity index (χ1v) is 6.98. The van der Waals surface area contributed by atoms with Crippen molar-refractivity contribution in [2.24, 2.45) is 5.92 Å². The highest BCUT2D eigenvalue weighted by atomic mass is 19.1. The smallest absolute Gasteiger partial charge is 0.244 e.